The largest absolute Gasteiger partial charge is 0.376 e. The van der Waals surface area contributed by atoms with Gasteiger partial charge >= 0.3 is 0 Å². The van der Waals surface area contributed by atoms with E-state index >= 15 is 0 Å². The number of benzene rings is 1. The third-order valence-corrected chi connectivity index (χ3v) is 5.02. The number of carbonyl (C=O) groups excluding carboxylic acids is 1. The Morgan fingerprint density at radius 2 is 2.04 bits per heavy atom. The van der Waals surface area contributed by atoms with Crippen LogP contribution in [-0.2, 0) is 26.1 Å². The van der Waals surface area contributed by atoms with E-state index in [1.807, 2.05) is 31.2 Å². The van der Waals surface area contributed by atoms with Crippen LogP contribution >= 0.6 is 0 Å². The number of rotatable bonds is 7. The second-order valence-electron chi connectivity index (χ2n) is 5.96. The van der Waals surface area contributed by atoms with Crippen LogP contribution in [0.1, 0.15) is 24.0 Å². The number of carbonyl (C=O) groups is 1. The molecule has 0 bridgehead atoms. The minimum Gasteiger partial charge on any atom is -0.376 e. The quantitative estimate of drug-likeness (QED) is 0.805. The van der Waals surface area contributed by atoms with Crippen molar-refractivity contribution in [1.82, 2.24) is 9.62 Å². The average Bonchev–Trinajstić information content (AvgIpc) is 2.99. The summed E-state index contributed by atoms with van der Waals surface area (Å²) in [5, 5.41) is 2.75. The predicted octanol–water partition coefficient (Wildman–Crippen LogP) is 1.05. The van der Waals surface area contributed by atoms with Crippen molar-refractivity contribution in [2.75, 3.05) is 26.0 Å². The van der Waals surface area contributed by atoms with Crippen LogP contribution in [0.3, 0.4) is 0 Å². The number of aryl methyl sites for hydroxylation is 1. The monoisotopic (exact) mass is 340 g/mol. The summed E-state index contributed by atoms with van der Waals surface area (Å²) in [5.74, 6) is -0.307. The molecule has 6 nitrogen and oxygen atoms in total. The molecule has 1 saturated heterocycles. The molecule has 1 aromatic carbocycles. The smallest absolute Gasteiger partial charge is 0.235 e. The first-order chi connectivity index (χ1) is 10.8. The standard InChI is InChI=1S/C16H24N2O4S/c1-13-5-7-14(8-6-13)11-18(23(2,20)21)12-16(19)17-10-15-4-3-9-22-15/h5-8,15H,3-4,9-12H2,1-2H3,(H,17,19). The van der Waals surface area contributed by atoms with Gasteiger partial charge in [-0.1, -0.05) is 29.8 Å². The SMILES string of the molecule is Cc1ccc(CN(CC(=O)NCC2CCCO2)S(C)(=O)=O)cc1. The lowest BCUT2D eigenvalue weighted by Crippen LogP contribution is -2.42. The average molecular weight is 340 g/mol. The molecule has 0 aliphatic carbocycles. The molecule has 1 atom stereocenters. The van der Waals surface area contributed by atoms with E-state index in [9.17, 15) is 13.2 Å². The van der Waals surface area contributed by atoms with Crippen LogP contribution in [0.5, 0.6) is 0 Å². The molecule has 1 N–H and O–H groups in total. The van der Waals surface area contributed by atoms with Crippen molar-refractivity contribution in [1.29, 1.82) is 0 Å². The summed E-state index contributed by atoms with van der Waals surface area (Å²) < 4.78 is 30.5. The Kier molecular flexibility index (Phi) is 6.15. The van der Waals surface area contributed by atoms with Crippen LogP contribution < -0.4 is 5.32 Å². The Morgan fingerprint density at radius 3 is 2.61 bits per heavy atom. The zero-order valence-corrected chi connectivity index (χ0v) is 14.4. The molecule has 0 radical (unpaired) electrons. The van der Waals surface area contributed by atoms with Crippen LogP contribution in [0.4, 0.5) is 0 Å². The van der Waals surface area contributed by atoms with E-state index in [1.165, 1.54) is 4.31 Å². The van der Waals surface area contributed by atoms with Gasteiger partial charge in [-0.15, -0.1) is 0 Å². The second kappa shape index (κ2) is 7.90. The van der Waals surface area contributed by atoms with Gasteiger partial charge in [0.05, 0.1) is 18.9 Å². The molecule has 1 aliphatic heterocycles. The highest BCUT2D eigenvalue weighted by molar-refractivity contribution is 7.88. The fourth-order valence-corrected chi connectivity index (χ4v) is 3.17. The van der Waals surface area contributed by atoms with Crippen LogP contribution in [-0.4, -0.2) is 50.7 Å². The molecule has 1 heterocycles. The molecule has 128 valence electrons. The highest BCUT2D eigenvalue weighted by Crippen LogP contribution is 2.11. The zero-order valence-electron chi connectivity index (χ0n) is 13.6. The molecule has 1 aliphatic rings. The molecule has 0 spiro atoms. The first-order valence-electron chi connectivity index (χ1n) is 7.73. The summed E-state index contributed by atoms with van der Waals surface area (Å²) in [6.07, 6.45) is 3.10. The molecule has 7 heteroatoms. The number of nitrogens with one attached hydrogen (secondary N) is 1. The van der Waals surface area contributed by atoms with Gasteiger partial charge in [0.25, 0.3) is 0 Å². The number of amides is 1. The van der Waals surface area contributed by atoms with E-state index in [-0.39, 0.29) is 25.1 Å². The summed E-state index contributed by atoms with van der Waals surface area (Å²) in [7, 11) is -3.46. The Labute approximate surface area is 137 Å². The van der Waals surface area contributed by atoms with Gasteiger partial charge in [0.2, 0.25) is 15.9 Å². The summed E-state index contributed by atoms with van der Waals surface area (Å²) >= 11 is 0. The molecule has 2 rings (SSSR count). The zero-order chi connectivity index (χ0) is 16.9. The topological polar surface area (TPSA) is 75.7 Å². The number of hydrogen-bond acceptors (Lipinski definition) is 4. The predicted molar refractivity (Wildman–Crippen MR) is 88.4 cm³/mol. The van der Waals surface area contributed by atoms with Crippen molar-refractivity contribution in [3.63, 3.8) is 0 Å². The Bertz CT molecular complexity index is 622. The maximum absolute atomic E-state index is 12.0. The van der Waals surface area contributed by atoms with E-state index in [0.717, 1.165) is 36.8 Å². The van der Waals surface area contributed by atoms with Gasteiger partial charge in [0.15, 0.2) is 0 Å². The lowest BCUT2D eigenvalue weighted by Gasteiger charge is -2.20. The number of hydrogen-bond donors (Lipinski definition) is 1. The van der Waals surface area contributed by atoms with E-state index in [2.05, 4.69) is 5.32 Å². The van der Waals surface area contributed by atoms with E-state index in [1.54, 1.807) is 0 Å². The van der Waals surface area contributed by atoms with E-state index in [4.69, 9.17) is 4.74 Å². The fraction of sp³-hybridized carbons (Fsp3) is 0.562. The molecular formula is C16H24N2O4S. The molecule has 0 aromatic heterocycles. The Morgan fingerprint density at radius 1 is 1.35 bits per heavy atom. The lowest BCUT2D eigenvalue weighted by molar-refractivity contribution is -0.121. The molecule has 23 heavy (non-hydrogen) atoms. The van der Waals surface area contributed by atoms with Gasteiger partial charge in [-0.2, -0.15) is 4.31 Å². The van der Waals surface area contributed by atoms with E-state index in [0.29, 0.717) is 6.54 Å². The molecule has 0 saturated carbocycles. The first-order valence-corrected chi connectivity index (χ1v) is 9.58. The second-order valence-corrected chi connectivity index (χ2v) is 7.94. The van der Waals surface area contributed by atoms with Crippen molar-refractivity contribution in [3.8, 4) is 0 Å². The summed E-state index contributed by atoms with van der Waals surface area (Å²) in [4.78, 5) is 12.0. The van der Waals surface area contributed by atoms with Crippen molar-refractivity contribution in [2.24, 2.45) is 0 Å². The van der Waals surface area contributed by atoms with Gasteiger partial charge in [-0.3, -0.25) is 4.79 Å². The molecule has 1 aromatic rings. The Hall–Kier alpha value is -1.44. The number of nitrogens with zero attached hydrogens (tertiary/aromatic N) is 1. The van der Waals surface area contributed by atoms with Crippen LogP contribution in [0.25, 0.3) is 0 Å². The van der Waals surface area contributed by atoms with Crippen LogP contribution in [0.15, 0.2) is 24.3 Å². The summed E-state index contributed by atoms with van der Waals surface area (Å²) in [6, 6.07) is 7.59. The van der Waals surface area contributed by atoms with Crippen molar-refractivity contribution >= 4 is 15.9 Å². The van der Waals surface area contributed by atoms with E-state index < -0.39 is 10.0 Å². The van der Waals surface area contributed by atoms with Gasteiger partial charge in [0.1, 0.15) is 0 Å². The fourth-order valence-electron chi connectivity index (χ4n) is 2.44. The third-order valence-electron chi connectivity index (χ3n) is 3.82. The molecule has 1 fully saturated rings. The molecule has 1 unspecified atom stereocenters. The van der Waals surface area contributed by atoms with Crippen molar-refractivity contribution in [3.05, 3.63) is 35.4 Å². The van der Waals surface area contributed by atoms with Gasteiger partial charge in [0, 0.05) is 19.7 Å². The van der Waals surface area contributed by atoms with Gasteiger partial charge in [-0.05, 0) is 25.3 Å². The van der Waals surface area contributed by atoms with Crippen molar-refractivity contribution in [2.45, 2.75) is 32.4 Å². The van der Waals surface area contributed by atoms with Crippen molar-refractivity contribution < 1.29 is 17.9 Å². The summed E-state index contributed by atoms with van der Waals surface area (Å²) in [5.41, 5.74) is 1.96. The summed E-state index contributed by atoms with van der Waals surface area (Å²) in [6.45, 7) is 3.13. The first kappa shape index (κ1) is 17.9. The maximum atomic E-state index is 12.0. The highest BCUT2D eigenvalue weighted by Gasteiger charge is 2.22. The normalized spacial score (nSPS) is 18.3. The minimum atomic E-state index is -3.46. The molecular weight excluding hydrogens is 316 g/mol. The lowest BCUT2D eigenvalue weighted by atomic mass is 10.1. The van der Waals surface area contributed by atoms with Gasteiger partial charge in [-0.25, -0.2) is 8.42 Å². The molecule has 1 amide bonds. The highest BCUT2D eigenvalue weighted by atomic mass is 32.2. The van der Waals surface area contributed by atoms with Crippen LogP contribution in [0.2, 0.25) is 0 Å². The number of ether oxygens (including phenoxy) is 1. The minimum absolute atomic E-state index is 0.0442. The van der Waals surface area contributed by atoms with Gasteiger partial charge < -0.3 is 10.1 Å². The maximum Gasteiger partial charge on any atom is 0.235 e. The third kappa shape index (κ3) is 5.93. The Balaban J connectivity index is 1.92. The van der Waals surface area contributed by atoms with Crippen LogP contribution in [0, 0.1) is 6.92 Å². The number of sulfonamides is 1.